The second-order valence-corrected chi connectivity index (χ2v) is 4.02. The van der Waals surface area contributed by atoms with Crippen molar-refractivity contribution in [2.24, 2.45) is 0 Å². The molecule has 0 aliphatic rings. The molecule has 0 atom stereocenters. The summed E-state index contributed by atoms with van der Waals surface area (Å²) in [6, 6.07) is 7.97. The van der Waals surface area contributed by atoms with E-state index in [4.69, 9.17) is 11.6 Å². The summed E-state index contributed by atoms with van der Waals surface area (Å²) in [6.07, 6.45) is 0.648. The molecule has 0 aliphatic heterocycles. The first-order chi connectivity index (χ1) is 8.11. The third-order valence-corrected chi connectivity index (χ3v) is 2.76. The molecule has 0 fully saturated rings. The van der Waals surface area contributed by atoms with Crippen LogP contribution in [0.25, 0.3) is 11.3 Å². The molecule has 1 aromatic heterocycles. The lowest BCUT2D eigenvalue weighted by Gasteiger charge is -2.04. The minimum absolute atomic E-state index is 0.152. The highest BCUT2D eigenvalue weighted by atomic mass is 35.5. The van der Waals surface area contributed by atoms with E-state index in [-0.39, 0.29) is 11.0 Å². The number of hydrogen-bond donors (Lipinski definition) is 0. The fraction of sp³-hybridized carbons (Fsp3) is 0.0769. The summed E-state index contributed by atoms with van der Waals surface area (Å²) in [4.78, 5) is 14.7. The monoisotopic (exact) mass is 249 g/mol. The van der Waals surface area contributed by atoms with Gasteiger partial charge in [-0.3, -0.25) is 4.79 Å². The number of carbonyl (C=O) groups excluding carboxylic acids is 1. The zero-order valence-corrected chi connectivity index (χ0v) is 9.83. The van der Waals surface area contributed by atoms with Gasteiger partial charge in [0.1, 0.15) is 11.0 Å². The molecule has 0 spiro atoms. The number of benzene rings is 1. The highest BCUT2D eigenvalue weighted by Crippen LogP contribution is 2.22. The van der Waals surface area contributed by atoms with Gasteiger partial charge < -0.3 is 0 Å². The normalized spacial score (nSPS) is 10.3. The molecule has 0 saturated heterocycles. The second kappa shape index (κ2) is 4.63. The second-order valence-electron chi connectivity index (χ2n) is 3.66. The molecule has 0 radical (unpaired) electrons. The van der Waals surface area contributed by atoms with Crippen LogP contribution in [0.15, 0.2) is 30.3 Å². The van der Waals surface area contributed by atoms with E-state index in [9.17, 15) is 9.18 Å². The van der Waals surface area contributed by atoms with Crippen LogP contribution in [0.3, 0.4) is 0 Å². The topological polar surface area (TPSA) is 30.0 Å². The molecule has 1 heterocycles. The highest BCUT2D eigenvalue weighted by Gasteiger charge is 2.06. The lowest BCUT2D eigenvalue weighted by Crippen LogP contribution is -1.91. The number of aromatic nitrogens is 1. The van der Waals surface area contributed by atoms with E-state index in [0.717, 1.165) is 5.56 Å². The van der Waals surface area contributed by atoms with Crippen LogP contribution in [-0.4, -0.2) is 11.3 Å². The van der Waals surface area contributed by atoms with Gasteiger partial charge >= 0.3 is 0 Å². The van der Waals surface area contributed by atoms with Crippen LogP contribution >= 0.6 is 11.6 Å². The summed E-state index contributed by atoms with van der Waals surface area (Å²) in [5.41, 5.74) is 2.26. The zero-order chi connectivity index (χ0) is 12.4. The number of nitrogens with zero attached hydrogens (tertiary/aromatic N) is 1. The van der Waals surface area contributed by atoms with Crippen LogP contribution in [0.2, 0.25) is 5.15 Å². The van der Waals surface area contributed by atoms with Crippen molar-refractivity contribution in [2.45, 2.75) is 6.92 Å². The van der Waals surface area contributed by atoms with Crippen molar-refractivity contribution in [3.05, 3.63) is 52.4 Å². The van der Waals surface area contributed by atoms with Gasteiger partial charge in [-0.15, -0.1) is 0 Å². The van der Waals surface area contributed by atoms with Gasteiger partial charge in [-0.1, -0.05) is 11.6 Å². The largest absolute Gasteiger partial charge is 0.298 e. The molecule has 1 aromatic carbocycles. The minimum Gasteiger partial charge on any atom is -0.298 e. The van der Waals surface area contributed by atoms with Crippen molar-refractivity contribution in [3.8, 4) is 11.3 Å². The Kier molecular flexibility index (Phi) is 3.20. The van der Waals surface area contributed by atoms with E-state index in [2.05, 4.69) is 4.98 Å². The number of aldehydes is 1. The third-order valence-electron chi connectivity index (χ3n) is 2.46. The maximum absolute atomic E-state index is 13.1. The highest BCUT2D eigenvalue weighted by molar-refractivity contribution is 6.31. The molecule has 2 rings (SSSR count). The number of aryl methyl sites for hydroxylation is 1. The molecule has 17 heavy (non-hydrogen) atoms. The SMILES string of the molecule is Cc1cc(-c2ccc(C=O)c(Cl)n2)ccc1F. The smallest absolute Gasteiger partial charge is 0.153 e. The zero-order valence-electron chi connectivity index (χ0n) is 9.08. The van der Waals surface area contributed by atoms with Crippen LogP contribution in [0.5, 0.6) is 0 Å². The molecule has 0 unspecified atom stereocenters. The maximum atomic E-state index is 13.1. The third kappa shape index (κ3) is 2.34. The molecule has 0 saturated carbocycles. The lowest BCUT2D eigenvalue weighted by atomic mass is 10.1. The van der Waals surface area contributed by atoms with Gasteiger partial charge in [0.25, 0.3) is 0 Å². The van der Waals surface area contributed by atoms with Crippen molar-refractivity contribution in [1.82, 2.24) is 4.98 Å². The Morgan fingerprint density at radius 2 is 2.06 bits per heavy atom. The Morgan fingerprint density at radius 1 is 1.29 bits per heavy atom. The Labute approximate surface area is 103 Å². The van der Waals surface area contributed by atoms with Crippen molar-refractivity contribution in [2.75, 3.05) is 0 Å². The minimum atomic E-state index is -0.260. The number of rotatable bonds is 2. The summed E-state index contributed by atoms with van der Waals surface area (Å²) < 4.78 is 13.1. The fourth-order valence-corrected chi connectivity index (χ4v) is 1.70. The van der Waals surface area contributed by atoms with Gasteiger partial charge in [0.15, 0.2) is 6.29 Å². The fourth-order valence-electron chi connectivity index (χ4n) is 1.50. The van der Waals surface area contributed by atoms with E-state index >= 15 is 0 Å². The Morgan fingerprint density at radius 3 is 2.65 bits per heavy atom. The van der Waals surface area contributed by atoms with E-state index in [1.165, 1.54) is 6.07 Å². The van der Waals surface area contributed by atoms with E-state index in [1.54, 1.807) is 31.2 Å². The van der Waals surface area contributed by atoms with Crippen LogP contribution in [0.1, 0.15) is 15.9 Å². The van der Waals surface area contributed by atoms with Crippen molar-refractivity contribution >= 4 is 17.9 Å². The van der Waals surface area contributed by atoms with Gasteiger partial charge in [-0.2, -0.15) is 0 Å². The molecular weight excluding hydrogens is 241 g/mol. The lowest BCUT2D eigenvalue weighted by molar-refractivity contribution is 0.112. The molecule has 4 heteroatoms. The van der Waals surface area contributed by atoms with Gasteiger partial charge in [-0.05, 0) is 42.8 Å². The van der Waals surface area contributed by atoms with Gasteiger partial charge in [0, 0.05) is 5.56 Å². The number of carbonyl (C=O) groups is 1. The predicted octanol–water partition coefficient (Wildman–Crippen LogP) is 3.66. The Hall–Kier alpha value is -1.74. The maximum Gasteiger partial charge on any atom is 0.153 e. The van der Waals surface area contributed by atoms with Crippen molar-refractivity contribution < 1.29 is 9.18 Å². The van der Waals surface area contributed by atoms with E-state index in [0.29, 0.717) is 23.1 Å². The number of pyridine rings is 1. The van der Waals surface area contributed by atoms with Crippen LogP contribution in [0.4, 0.5) is 4.39 Å². The molecule has 2 nitrogen and oxygen atoms in total. The first kappa shape index (κ1) is 11.7. The molecule has 0 aliphatic carbocycles. The molecule has 0 amide bonds. The molecular formula is C13H9ClFNO. The van der Waals surface area contributed by atoms with Crippen molar-refractivity contribution in [3.63, 3.8) is 0 Å². The Balaban J connectivity index is 2.49. The number of halogens is 2. The summed E-state index contributed by atoms with van der Waals surface area (Å²) >= 11 is 5.83. The molecule has 0 bridgehead atoms. The van der Waals surface area contributed by atoms with Crippen LogP contribution < -0.4 is 0 Å². The molecule has 2 aromatic rings. The first-order valence-electron chi connectivity index (χ1n) is 5.00. The van der Waals surface area contributed by atoms with Gasteiger partial charge in [0.2, 0.25) is 0 Å². The van der Waals surface area contributed by atoms with Crippen LogP contribution in [0, 0.1) is 12.7 Å². The van der Waals surface area contributed by atoms with Gasteiger partial charge in [-0.25, -0.2) is 9.37 Å². The quantitative estimate of drug-likeness (QED) is 0.601. The summed E-state index contributed by atoms with van der Waals surface area (Å²) in [7, 11) is 0. The van der Waals surface area contributed by atoms with Gasteiger partial charge in [0.05, 0.1) is 11.3 Å². The van der Waals surface area contributed by atoms with E-state index in [1.807, 2.05) is 0 Å². The van der Waals surface area contributed by atoms with Crippen LogP contribution in [-0.2, 0) is 0 Å². The van der Waals surface area contributed by atoms with E-state index < -0.39 is 0 Å². The summed E-state index contributed by atoms with van der Waals surface area (Å²) in [6.45, 7) is 1.68. The van der Waals surface area contributed by atoms with Crippen molar-refractivity contribution in [1.29, 1.82) is 0 Å². The summed E-state index contributed by atoms with van der Waals surface area (Å²) in [5.74, 6) is -0.260. The average molecular weight is 250 g/mol. The molecule has 0 N–H and O–H groups in total. The predicted molar refractivity (Wildman–Crippen MR) is 64.8 cm³/mol. The molecule has 86 valence electrons. The number of hydrogen-bond acceptors (Lipinski definition) is 2. The first-order valence-corrected chi connectivity index (χ1v) is 5.38. The standard InChI is InChI=1S/C13H9ClFNO/c1-8-6-9(2-4-11(8)15)12-5-3-10(7-17)13(14)16-12/h2-7H,1H3. The average Bonchev–Trinajstić information content (AvgIpc) is 2.32. The Bertz CT molecular complexity index is 584. The summed E-state index contributed by atoms with van der Waals surface area (Å²) in [5, 5.41) is 0.152.